The van der Waals surface area contributed by atoms with Crippen LogP contribution in [0.1, 0.15) is 19.4 Å². The zero-order chi connectivity index (χ0) is 10.7. The number of hydrogen-bond donors (Lipinski definition) is 0. The number of rotatable bonds is 3. The molecule has 1 aromatic rings. The number of nitro benzene ring substituents is 1. The van der Waals surface area contributed by atoms with Crippen LogP contribution in [-0.4, -0.2) is 12.0 Å². The van der Waals surface area contributed by atoms with E-state index in [4.69, 9.17) is 4.74 Å². The van der Waals surface area contributed by atoms with Crippen LogP contribution in [0, 0.1) is 16.0 Å². The predicted molar refractivity (Wildman–Crippen MR) is 53.3 cm³/mol. The summed E-state index contributed by atoms with van der Waals surface area (Å²) in [6.07, 6.45) is 0. The number of benzene rings is 1. The Morgan fingerprint density at radius 2 is 2.07 bits per heavy atom. The van der Waals surface area contributed by atoms with Crippen LogP contribution < -0.4 is 4.74 Å². The number of nitrogens with zero attached hydrogens (tertiary/aromatic N) is 1. The van der Waals surface area contributed by atoms with E-state index in [-0.39, 0.29) is 5.69 Å². The van der Waals surface area contributed by atoms with Crippen LogP contribution in [0.15, 0.2) is 18.2 Å². The van der Waals surface area contributed by atoms with Crippen molar-refractivity contribution in [3.63, 3.8) is 0 Å². The van der Waals surface area contributed by atoms with Gasteiger partial charge in [0.25, 0.3) is 0 Å². The molecule has 0 aromatic heterocycles. The molecule has 0 aliphatic heterocycles. The standard InChI is InChI=1S/C10H12NO3/c1-7(2)8-5-4-6-9(11(12)13)10(8)14-3/h4-6H,1-3H3. The second-order valence-electron chi connectivity index (χ2n) is 3.12. The Morgan fingerprint density at radius 1 is 1.43 bits per heavy atom. The number of para-hydroxylation sites is 1. The van der Waals surface area contributed by atoms with Crippen molar-refractivity contribution in [3.8, 4) is 5.75 Å². The molecule has 75 valence electrons. The molecule has 0 aliphatic rings. The highest BCUT2D eigenvalue weighted by Crippen LogP contribution is 2.34. The summed E-state index contributed by atoms with van der Waals surface area (Å²) in [5, 5.41) is 10.7. The molecule has 0 aliphatic carbocycles. The largest absolute Gasteiger partial charge is 0.490 e. The number of hydrogen-bond acceptors (Lipinski definition) is 3. The lowest BCUT2D eigenvalue weighted by Gasteiger charge is -2.10. The molecule has 0 heterocycles. The maximum Gasteiger partial charge on any atom is 0.311 e. The molecule has 4 nitrogen and oxygen atoms in total. The zero-order valence-corrected chi connectivity index (χ0v) is 8.40. The third kappa shape index (κ3) is 1.84. The molecule has 0 spiro atoms. The van der Waals surface area contributed by atoms with Gasteiger partial charge in [-0.2, -0.15) is 0 Å². The molecule has 0 saturated carbocycles. The topological polar surface area (TPSA) is 52.4 Å². The normalized spacial score (nSPS) is 10.3. The smallest absolute Gasteiger partial charge is 0.311 e. The molecule has 1 aromatic carbocycles. The Kier molecular flexibility index (Phi) is 3.06. The third-order valence-electron chi connectivity index (χ3n) is 1.93. The minimum absolute atomic E-state index is 0.00574. The molecule has 0 atom stereocenters. The fourth-order valence-electron chi connectivity index (χ4n) is 1.28. The lowest BCUT2D eigenvalue weighted by atomic mass is 10.0. The van der Waals surface area contributed by atoms with Gasteiger partial charge < -0.3 is 4.74 Å². The molecular weight excluding hydrogens is 182 g/mol. The SMILES string of the molecule is COc1c([C](C)C)cccc1[N+](=O)[O-]. The number of methoxy groups -OCH3 is 1. The van der Waals surface area contributed by atoms with Crippen molar-refractivity contribution >= 4 is 5.69 Å². The van der Waals surface area contributed by atoms with Crippen LogP contribution in [0.5, 0.6) is 5.75 Å². The molecule has 0 unspecified atom stereocenters. The van der Waals surface area contributed by atoms with Crippen molar-refractivity contribution in [2.45, 2.75) is 13.8 Å². The minimum Gasteiger partial charge on any atom is -0.490 e. The van der Waals surface area contributed by atoms with E-state index in [9.17, 15) is 10.1 Å². The van der Waals surface area contributed by atoms with E-state index in [0.29, 0.717) is 5.75 Å². The van der Waals surface area contributed by atoms with E-state index >= 15 is 0 Å². The first kappa shape index (κ1) is 10.5. The average molecular weight is 194 g/mol. The molecule has 0 bridgehead atoms. The zero-order valence-electron chi connectivity index (χ0n) is 8.40. The van der Waals surface area contributed by atoms with Crippen LogP contribution in [0.4, 0.5) is 5.69 Å². The van der Waals surface area contributed by atoms with Crippen LogP contribution in [0.3, 0.4) is 0 Å². The van der Waals surface area contributed by atoms with E-state index in [2.05, 4.69) is 0 Å². The molecule has 14 heavy (non-hydrogen) atoms. The summed E-state index contributed by atoms with van der Waals surface area (Å²) in [6, 6.07) is 4.90. The highest BCUT2D eigenvalue weighted by molar-refractivity contribution is 5.55. The first-order valence-corrected chi connectivity index (χ1v) is 4.20. The number of ether oxygens (including phenoxy) is 1. The van der Waals surface area contributed by atoms with Gasteiger partial charge in [-0.05, 0) is 0 Å². The first-order chi connectivity index (χ1) is 6.57. The molecule has 4 heteroatoms. The second kappa shape index (κ2) is 4.09. The quantitative estimate of drug-likeness (QED) is 0.548. The van der Waals surface area contributed by atoms with Crippen molar-refractivity contribution in [2.75, 3.05) is 7.11 Å². The van der Waals surface area contributed by atoms with Crippen LogP contribution in [-0.2, 0) is 0 Å². The van der Waals surface area contributed by atoms with E-state index in [1.807, 2.05) is 13.8 Å². The van der Waals surface area contributed by atoms with Crippen LogP contribution >= 0.6 is 0 Å². The Hall–Kier alpha value is -1.58. The van der Waals surface area contributed by atoms with Gasteiger partial charge in [0, 0.05) is 17.5 Å². The highest BCUT2D eigenvalue weighted by Gasteiger charge is 2.19. The van der Waals surface area contributed by atoms with Crippen molar-refractivity contribution in [1.82, 2.24) is 0 Å². The van der Waals surface area contributed by atoms with Gasteiger partial charge in [0.05, 0.1) is 12.0 Å². The summed E-state index contributed by atoms with van der Waals surface area (Å²) in [4.78, 5) is 10.2. The predicted octanol–water partition coefficient (Wildman–Crippen LogP) is 2.57. The average Bonchev–Trinajstić information content (AvgIpc) is 2.16. The van der Waals surface area contributed by atoms with Crippen LogP contribution in [0.25, 0.3) is 0 Å². The fraction of sp³-hybridized carbons (Fsp3) is 0.300. The Balaban J connectivity index is 3.32. The maximum atomic E-state index is 10.7. The van der Waals surface area contributed by atoms with Crippen molar-refractivity contribution < 1.29 is 9.66 Å². The maximum absolute atomic E-state index is 10.7. The lowest BCUT2D eigenvalue weighted by Crippen LogP contribution is -1.99. The summed E-state index contributed by atoms with van der Waals surface area (Å²) in [7, 11) is 1.44. The molecular formula is C10H12NO3. The summed E-state index contributed by atoms with van der Waals surface area (Å²) < 4.78 is 5.04. The minimum atomic E-state index is -0.439. The highest BCUT2D eigenvalue weighted by atomic mass is 16.6. The fourth-order valence-corrected chi connectivity index (χ4v) is 1.28. The van der Waals surface area contributed by atoms with Crippen LogP contribution in [0.2, 0.25) is 0 Å². The van der Waals surface area contributed by atoms with Gasteiger partial charge in [0.2, 0.25) is 5.75 Å². The molecule has 1 rings (SSSR count). The van der Waals surface area contributed by atoms with E-state index in [1.165, 1.54) is 13.2 Å². The van der Waals surface area contributed by atoms with Gasteiger partial charge >= 0.3 is 5.69 Å². The molecule has 0 amide bonds. The van der Waals surface area contributed by atoms with Crippen molar-refractivity contribution in [1.29, 1.82) is 0 Å². The summed E-state index contributed by atoms with van der Waals surface area (Å²) in [5.74, 6) is 1.32. The van der Waals surface area contributed by atoms with Gasteiger partial charge in [0.15, 0.2) is 0 Å². The second-order valence-corrected chi connectivity index (χ2v) is 3.12. The Bertz CT molecular complexity index is 347. The molecule has 0 N–H and O–H groups in total. The van der Waals surface area contributed by atoms with Gasteiger partial charge in [-0.1, -0.05) is 26.0 Å². The van der Waals surface area contributed by atoms with Gasteiger partial charge in [-0.25, -0.2) is 0 Å². The third-order valence-corrected chi connectivity index (χ3v) is 1.93. The summed E-state index contributed by atoms with van der Waals surface area (Å²) >= 11 is 0. The monoisotopic (exact) mass is 194 g/mol. The lowest BCUT2D eigenvalue weighted by molar-refractivity contribution is -0.385. The Morgan fingerprint density at radius 3 is 2.50 bits per heavy atom. The Labute approximate surface area is 82.7 Å². The summed E-state index contributed by atoms with van der Waals surface area (Å²) in [5.41, 5.74) is 0.785. The van der Waals surface area contributed by atoms with E-state index < -0.39 is 4.92 Å². The van der Waals surface area contributed by atoms with Gasteiger partial charge in [-0.3, -0.25) is 10.1 Å². The molecule has 0 fully saturated rings. The van der Waals surface area contributed by atoms with Crippen molar-refractivity contribution in [3.05, 3.63) is 39.8 Å². The van der Waals surface area contributed by atoms with Gasteiger partial charge in [0.1, 0.15) is 0 Å². The van der Waals surface area contributed by atoms with E-state index in [0.717, 1.165) is 11.5 Å². The molecule has 1 radical (unpaired) electrons. The van der Waals surface area contributed by atoms with Crippen molar-refractivity contribution in [2.24, 2.45) is 0 Å². The summed E-state index contributed by atoms with van der Waals surface area (Å²) in [6.45, 7) is 3.78. The van der Waals surface area contributed by atoms with Gasteiger partial charge in [-0.15, -0.1) is 0 Å². The molecule has 0 saturated heterocycles. The van der Waals surface area contributed by atoms with E-state index in [1.54, 1.807) is 12.1 Å². The first-order valence-electron chi connectivity index (χ1n) is 4.20. The number of nitro groups is 1.